The van der Waals surface area contributed by atoms with Crippen LogP contribution in [0.1, 0.15) is 32.0 Å². The number of amides is 1. The average molecular weight is 258 g/mol. The van der Waals surface area contributed by atoms with Gasteiger partial charge in [-0.1, -0.05) is 6.92 Å². The maximum atomic E-state index is 11.3. The summed E-state index contributed by atoms with van der Waals surface area (Å²) < 4.78 is 0. The SMILES string of the molecule is CCC(=O)Nc1ccc(NC(C)c2ccn[nH]2)cc1. The van der Waals surface area contributed by atoms with E-state index in [4.69, 9.17) is 0 Å². The van der Waals surface area contributed by atoms with Crippen LogP contribution in [0.15, 0.2) is 36.5 Å². The molecule has 5 heteroatoms. The maximum Gasteiger partial charge on any atom is 0.224 e. The number of rotatable bonds is 5. The van der Waals surface area contributed by atoms with Gasteiger partial charge in [0.25, 0.3) is 0 Å². The number of carbonyl (C=O) groups excluding carboxylic acids is 1. The van der Waals surface area contributed by atoms with Crippen LogP contribution in [-0.4, -0.2) is 16.1 Å². The van der Waals surface area contributed by atoms with Gasteiger partial charge in [0.2, 0.25) is 5.91 Å². The molecule has 1 unspecified atom stereocenters. The van der Waals surface area contributed by atoms with Gasteiger partial charge in [-0.15, -0.1) is 0 Å². The van der Waals surface area contributed by atoms with Crippen LogP contribution in [0.25, 0.3) is 0 Å². The van der Waals surface area contributed by atoms with Crippen molar-refractivity contribution in [2.24, 2.45) is 0 Å². The van der Waals surface area contributed by atoms with Crippen LogP contribution in [0.3, 0.4) is 0 Å². The number of aromatic nitrogens is 2. The molecule has 3 N–H and O–H groups in total. The molecule has 2 aromatic rings. The first-order chi connectivity index (χ1) is 9.19. The summed E-state index contributed by atoms with van der Waals surface area (Å²) >= 11 is 0. The van der Waals surface area contributed by atoms with Crippen molar-refractivity contribution in [1.82, 2.24) is 10.2 Å². The van der Waals surface area contributed by atoms with Crippen LogP contribution in [0.5, 0.6) is 0 Å². The first kappa shape index (κ1) is 13.1. The minimum absolute atomic E-state index is 0.0199. The van der Waals surface area contributed by atoms with Crippen molar-refractivity contribution in [3.63, 3.8) is 0 Å². The summed E-state index contributed by atoms with van der Waals surface area (Å²) in [6.07, 6.45) is 2.22. The molecule has 1 aromatic carbocycles. The lowest BCUT2D eigenvalue weighted by Crippen LogP contribution is -2.10. The number of aromatic amines is 1. The third-order valence-electron chi connectivity index (χ3n) is 2.86. The van der Waals surface area contributed by atoms with Gasteiger partial charge < -0.3 is 10.6 Å². The van der Waals surface area contributed by atoms with E-state index in [9.17, 15) is 4.79 Å². The molecule has 0 aliphatic heterocycles. The van der Waals surface area contributed by atoms with Crippen molar-refractivity contribution in [3.05, 3.63) is 42.2 Å². The van der Waals surface area contributed by atoms with Crippen LogP contribution in [0, 0.1) is 0 Å². The van der Waals surface area contributed by atoms with Crippen LogP contribution in [-0.2, 0) is 4.79 Å². The number of benzene rings is 1. The molecule has 2 rings (SSSR count). The van der Waals surface area contributed by atoms with Gasteiger partial charge in [-0.3, -0.25) is 9.89 Å². The molecule has 0 spiro atoms. The van der Waals surface area contributed by atoms with E-state index in [-0.39, 0.29) is 11.9 Å². The highest BCUT2D eigenvalue weighted by Gasteiger charge is 2.06. The van der Waals surface area contributed by atoms with Crippen molar-refractivity contribution in [3.8, 4) is 0 Å². The second-order valence-corrected chi connectivity index (χ2v) is 4.36. The Morgan fingerprint density at radius 3 is 2.53 bits per heavy atom. The fraction of sp³-hybridized carbons (Fsp3) is 0.286. The molecule has 5 nitrogen and oxygen atoms in total. The van der Waals surface area contributed by atoms with Gasteiger partial charge in [0.15, 0.2) is 0 Å². The molecule has 0 aliphatic carbocycles. The molecule has 1 amide bonds. The minimum Gasteiger partial charge on any atom is -0.377 e. The van der Waals surface area contributed by atoms with E-state index in [0.717, 1.165) is 17.1 Å². The summed E-state index contributed by atoms with van der Waals surface area (Å²) in [7, 11) is 0. The molecular weight excluding hydrogens is 240 g/mol. The second kappa shape index (κ2) is 6.04. The second-order valence-electron chi connectivity index (χ2n) is 4.36. The van der Waals surface area contributed by atoms with E-state index in [1.807, 2.05) is 37.3 Å². The number of carbonyl (C=O) groups is 1. The summed E-state index contributed by atoms with van der Waals surface area (Å²) in [5.41, 5.74) is 2.84. The Bertz CT molecular complexity index is 519. The molecule has 0 radical (unpaired) electrons. The zero-order valence-corrected chi connectivity index (χ0v) is 11.1. The number of hydrogen-bond acceptors (Lipinski definition) is 3. The zero-order valence-electron chi connectivity index (χ0n) is 11.1. The third-order valence-corrected chi connectivity index (χ3v) is 2.86. The van der Waals surface area contributed by atoms with Crippen molar-refractivity contribution in [2.45, 2.75) is 26.3 Å². The third kappa shape index (κ3) is 3.58. The fourth-order valence-corrected chi connectivity index (χ4v) is 1.73. The van der Waals surface area contributed by atoms with E-state index in [1.165, 1.54) is 0 Å². The number of H-pyrrole nitrogens is 1. The van der Waals surface area contributed by atoms with Gasteiger partial charge in [0.05, 0.1) is 11.7 Å². The lowest BCUT2D eigenvalue weighted by molar-refractivity contribution is -0.115. The van der Waals surface area contributed by atoms with Crippen molar-refractivity contribution in [2.75, 3.05) is 10.6 Å². The Labute approximate surface area is 112 Å². The highest BCUT2D eigenvalue weighted by molar-refractivity contribution is 5.90. The molecule has 1 aromatic heterocycles. The van der Waals surface area contributed by atoms with Crippen molar-refractivity contribution < 1.29 is 4.79 Å². The molecular formula is C14H18N4O. The van der Waals surface area contributed by atoms with Gasteiger partial charge in [-0.2, -0.15) is 5.10 Å². The quantitative estimate of drug-likeness (QED) is 0.772. The van der Waals surface area contributed by atoms with Gasteiger partial charge in [0.1, 0.15) is 0 Å². The van der Waals surface area contributed by atoms with Gasteiger partial charge in [-0.05, 0) is 37.3 Å². The highest BCUT2D eigenvalue weighted by Crippen LogP contribution is 2.19. The van der Waals surface area contributed by atoms with Crippen LogP contribution in [0.4, 0.5) is 11.4 Å². The number of hydrogen-bond donors (Lipinski definition) is 3. The average Bonchev–Trinajstić information content (AvgIpc) is 2.95. The molecule has 0 saturated carbocycles. The maximum absolute atomic E-state index is 11.3. The molecule has 100 valence electrons. The molecule has 0 fully saturated rings. The van der Waals surface area contributed by atoms with Gasteiger partial charge in [-0.25, -0.2) is 0 Å². The minimum atomic E-state index is 0.0199. The van der Waals surface area contributed by atoms with Crippen molar-refractivity contribution in [1.29, 1.82) is 0 Å². The van der Waals surface area contributed by atoms with Crippen LogP contribution >= 0.6 is 0 Å². The van der Waals surface area contributed by atoms with Crippen LogP contribution in [0.2, 0.25) is 0 Å². The lowest BCUT2D eigenvalue weighted by atomic mass is 10.2. The summed E-state index contributed by atoms with van der Waals surface area (Å²) in [6, 6.07) is 9.74. The zero-order chi connectivity index (χ0) is 13.7. The Kier molecular flexibility index (Phi) is 4.18. The van der Waals surface area contributed by atoms with Crippen LogP contribution < -0.4 is 10.6 Å². The predicted octanol–water partition coefficient (Wildman–Crippen LogP) is 2.93. The topological polar surface area (TPSA) is 69.8 Å². The molecule has 1 atom stereocenters. The lowest BCUT2D eigenvalue weighted by Gasteiger charge is -2.14. The summed E-state index contributed by atoms with van der Waals surface area (Å²) in [5, 5.41) is 13.0. The number of nitrogens with one attached hydrogen (secondary N) is 3. The van der Waals surface area contributed by atoms with Gasteiger partial charge >= 0.3 is 0 Å². The number of nitrogens with zero attached hydrogens (tertiary/aromatic N) is 1. The fourth-order valence-electron chi connectivity index (χ4n) is 1.73. The summed E-state index contributed by atoms with van der Waals surface area (Å²) in [5.74, 6) is 0.0199. The normalized spacial score (nSPS) is 11.9. The molecule has 19 heavy (non-hydrogen) atoms. The number of anilines is 2. The van der Waals surface area contributed by atoms with E-state index < -0.39 is 0 Å². The summed E-state index contributed by atoms with van der Waals surface area (Å²) in [6.45, 7) is 3.89. The first-order valence-electron chi connectivity index (χ1n) is 6.34. The highest BCUT2D eigenvalue weighted by atomic mass is 16.1. The smallest absolute Gasteiger partial charge is 0.224 e. The Balaban J connectivity index is 1.97. The molecule has 1 heterocycles. The van der Waals surface area contributed by atoms with Gasteiger partial charge in [0, 0.05) is 24.0 Å². The predicted molar refractivity (Wildman–Crippen MR) is 76.0 cm³/mol. The van der Waals surface area contributed by atoms with E-state index >= 15 is 0 Å². The Morgan fingerprint density at radius 1 is 1.26 bits per heavy atom. The first-order valence-corrected chi connectivity index (χ1v) is 6.34. The monoisotopic (exact) mass is 258 g/mol. The summed E-state index contributed by atoms with van der Waals surface area (Å²) in [4.78, 5) is 11.3. The van der Waals surface area contributed by atoms with E-state index in [1.54, 1.807) is 6.20 Å². The molecule has 0 saturated heterocycles. The Morgan fingerprint density at radius 2 is 1.95 bits per heavy atom. The van der Waals surface area contributed by atoms with E-state index in [2.05, 4.69) is 27.8 Å². The Hall–Kier alpha value is -2.30. The standard InChI is InChI=1S/C14H18N4O/c1-3-14(19)17-12-6-4-11(5-7-12)16-10(2)13-8-9-15-18-13/h4-10,16H,3H2,1-2H3,(H,15,18)(H,17,19). The largest absolute Gasteiger partial charge is 0.377 e. The molecule has 0 bridgehead atoms. The molecule has 0 aliphatic rings. The van der Waals surface area contributed by atoms with E-state index in [0.29, 0.717) is 6.42 Å². The van der Waals surface area contributed by atoms with Crippen molar-refractivity contribution >= 4 is 17.3 Å².